The number of methoxy groups -OCH3 is 1. The summed E-state index contributed by atoms with van der Waals surface area (Å²) < 4.78 is 7.05. The van der Waals surface area contributed by atoms with Crippen molar-refractivity contribution in [2.45, 2.75) is 25.9 Å². The molecular weight excluding hydrogens is 242 g/mol. The van der Waals surface area contributed by atoms with E-state index in [1.807, 2.05) is 34.7 Å². The summed E-state index contributed by atoms with van der Waals surface area (Å²) in [5.41, 5.74) is 0.755. The normalized spacial score (nSPS) is 18.7. The summed E-state index contributed by atoms with van der Waals surface area (Å²) in [7, 11) is 1.67. The molecule has 1 aromatic rings. The lowest BCUT2D eigenvalue weighted by molar-refractivity contribution is 0.0690. The van der Waals surface area contributed by atoms with Crippen molar-refractivity contribution in [1.82, 2.24) is 14.8 Å². The number of ether oxygens (including phenoxy) is 1. The van der Waals surface area contributed by atoms with Crippen LogP contribution in [0.4, 0.5) is 0 Å². The fourth-order valence-electron chi connectivity index (χ4n) is 2.61. The highest BCUT2D eigenvalue weighted by Crippen LogP contribution is 2.14. The van der Waals surface area contributed by atoms with Crippen LogP contribution in [0.3, 0.4) is 0 Å². The first-order chi connectivity index (χ1) is 9.27. The summed E-state index contributed by atoms with van der Waals surface area (Å²) in [6.45, 7) is 6.02. The molecule has 0 aromatic carbocycles. The third-order valence-electron chi connectivity index (χ3n) is 3.66. The predicted octanol–water partition coefficient (Wildman–Crippen LogP) is 0.958. The standard InChI is InChI=1S/C14H23N3O2/c1-3-17(12-6-7-15-11-12)14(18)13-5-4-8-16(13)9-10-19-2/h4-5,8,12,15H,3,6-7,9-11H2,1-2H3. The molecule has 19 heavy (non-hydrogen) atoms. The van der Waals surface area contributed by atoms with Crippen molar-refractivity contribution in [3.05, 3.63) is 24.0 Å². The van der Waals surface area contributed by atoms with Gasteiger partial charge in [0.05, 0.1) is 6.61 Å². The van der Waals surface area contributed by atoms with Gasteiger partial charge in [-0.15, -0.1) is 0 Å². The van der Waals surface area contributed by atoms with Crippen LogP contribution in [-0.2, 0) is 11.3 Å². The molecule has 1 amide bonds. The molecule has 1 saturated heterocycles. The maximum absolute atomic E-state index is 12.6. The van der Waals surface area contributed by atoms with Gasteiger partial charge in [0.1, 0.15) is 5.69 Å². The number of carbonyl (C=O) groups is 1. The van der Waals surface area contributed by atoms with Crippen LogP contribution < -0.4 is 5.32 Å². The molecule has 0 spiro atoms. The van der Waals surface area contributed by atoms with Gasteiger partial charge < -0.3 is 19.5 Å². The van der Waals surface area contributed by atoms with E-state index < -0.39 is 0 Å². The summed E-state index contributed by atoms with van der Waals surface area (Å²) >= 11 is 0. The molecule has 1 aromatic heterocycles. The Balaban J connectivity index is 2.10. The summed E-state index contributed by atoms with van der Waals surface area (Å²) in [4.78, 5) is 14.6. The number of rotatable bonds is 6. The lowest BCUT2D eigenvalue weighted by Crippen LogP contribution is -2.42. The van der Waals surface area contributed by atoms with Crippen LogP contribution in [0.25, 0.3) is 0 Å². The minimum absolute atomic E-state index is 0.123. The molecule has 106 valence electrons. The predicted molar refractivity (Wildman–Crippen MR) is 74.3 cm³/mol. The Labute approximate surface area is 114 Å². The lowest BCUT2D eigenvalue weighted by atomic mass is 10.2. The van der Waals surface area contributed by atoms with E-state index in [1.165, 1.54) is 0 Å². The molecule has 5 heteroatoms. The van der Waals surface area contributed by atoms with Crippen LogP contribution in [0, 0.1) is 0 Å². The lowest BCUT2D eigenvalue weighted by Gasteiger charge is -2.27. The molecule has 0 aliphatic carbocycles. The average Bonchev–Trinajstić information content (AvgIpc) is 3.08. The number of hydrogen-bond acceptors (Lipinski definition) is 3. The topological polar surface area (TPSA) is 46.5 Å². The number of amides is 1. The number of likely N-dealkylation sites (N-methyl/N-ethyl adjacent to an activating group) is 1. The summed E-state index contributed by atoms with van der Waals surface area (Å²) in [6.07, 6.45) is 2.98. The van der Waals surface area contributed by atoms with Gasteiger partial charge in [-0.05, 0) is 32.0 Å². The van der Waals surface area contributed by atoms with E-state index in [2.05, 4.69) is 5.32 Å². The number of carbonyl (C=O) groups excluding carboxylic acids is 1. The third kappa shape index (κ3) is 3.16. The van der Waals surface area contributed by atoms with Gasteiger partial charge in [0.25, 0.3) is 5.91 Å². The molecule has 1 aliphatic heterocycles. The maximum Gasteiger partial charge on any atom is 0.270 e. The van der Waals surface area contributed by atoms with Crippen molar-refractivity contribution in [3.63, 3.8) is 0 Å². The van der Waals surface area contributed by atoms with Crippen molar-refractivity contribution < 1.29 is 9.53 Å². The van der Waals surface area contributed by atoms with Gasteiger partial charge in [0.2, 0.25) is 0 Å². The third-order valence-corrected chi connectivity index (χ3v) is 3.66. The first kappa shape index (κ1) is 14.1. The Bertz CT molecular complexity index is 411. The highest BCUT2D eigenvalue weighted by atomic mass is 16.5. The van der Waals surface area contributed by atoms with E-state index in [0.717, 1.165) is 31.7 Å². The fraction of sp³-hybridized carbons (Fsp3) is 0.643. The summed E-state index contributed by atoms with van der Waals surface area (Å²) in [5.74, 6) is 0.123. The van der Waals surface area contributed by atoms with Gasteiger partial charge in [-0.25, -0.2) is 0 Å². The summed E-state index contributed by atoms with van der Waals surface area (Å²) in [6, 6.07) is 4.13. The molecule has 1 unspecified atom stereocenters. The zero-order valence-electron chi connectivity index (χ0n) is 11.8. The molecule has 2 heterocycles. The fourth-order valence-corrected chi connectivity index (χ4v) is 2.61. The van der Waals surface area contributed by atoms with Gasteiger partial charge in [-0.3, -0.25) is 4.79 Å². The maximum atomic E-state index is 12.6. The van der Waals surface area contributed by atoms with Crippen LogP contribution in [0.2, 0.25) is 0 Å². The zero-order valence-corrected chi connectivity index (χ0v) is 11.8. The minimum Gasteiger partial charge on any atom is -0.383 e. The van der Waals surface area contributed by atoms with Crippen molar-refractivity contribution in [2.24, 2.45) is 0 Å². The number of aromatic nitrogens is 1. The Hall–Kier alpha value is -1.33. The van der Waals surface area contributed by atoms with E-state index in [4.69, 9.17) is 4.74 Å². The van der Waals surface area contributed by atoms with Crippen LogP contribution >= 0.6 is 0 Å². The molecule has 1 aliphatic rings. The van der Waals surface area contributed by atoms with Gasteiger partial charge in [0, 0.05) is 39.0 Å². The SMILES string of the molecule is CCN(C(=O)c1cccn1CCOC)C1CCNC1. The average molecular weight is 265 g/mol. The molecular formula is C14H23N3O2. The van der Waals surface area contributed by atoms with Gasteiger partial charge in [-0.1, -0.05) is 0 Å². The molecule has 0 radical (unpaired) electrons. The number of nitrogens with zero attached hydrogens (tertiary/aromatic N) is 2. The number of nitrogens with one attached hydrogen (secondary N) is 1. The quantitative estimate of drug-likeness (QED) is 0.833. The first-order valence-electron chi connectivity index (χ1n) is 6.93. The summed E-state index contributed by atoms with van der Waals surface area (Å²) in [5, 5.41) is 3.32. The Morgan fingerprint density at radius 3 is 3.11 bits per heavy atom. The second-order valence-corrected chi connectivity index (χ2v) is 4.82. The van der Waals surface area contributed by atoms with Crippen molar-refractivity contribution in [2.75, 3.05) is 33.4 Å². The van der Waals surface area contributed by atoms with Crippen molar-refractivity contribution in [1.29, 1.82) is 0 Å². The second kappa shape index (κ2) is 6.73. The van der Waals surface area contributed by atoms with Gasteiger partial charge in [-0.2, -0.15) is 0 Å². The smallest absolute Gasteiger partial charge is 0.270 e. The van der Waals surface area contributed by atoms with E-state index in [-0.39, 0.29) is 5.91 Å². The van der Waals surface area contributed by atoms with E-state index in [1.54, 1.807) is 7.11 Å². The van der Waals surface area contributed by atoms with E-state index in [0.29, 0.717) is 19.2 Å². The Kier molecular flexibility index (Phi) is 4.99. The van der Waals surface area contributed by atoms with Crippen molar-refractivity contribution in [3.8, 4) is 0 Å². The monoisotopic (exact) mass is 265 g/mol. The van der Waals surface area contributed by atoms with Crippen LogP contribution in [0.1, 0.15) is 23.8 Å². The highest BCUT2D eigenvalue weighted by Gasteiger charge is 2.27. The van der Waals surface area contributed by atoms with Gasteiger partial charge >= 0.3 is 0 Å². The Morgan fingerprint density at radius 1 is 1.63 bits per heavy atom. The molecule has 5 nitrogen and oxygen atoms in total. The van der Waals surface area contributed by atoms with E-state index in [9.17, 15) is 4.79 Å². The molecule has 0 saturated carbocycles. The zero-order chi connectivity index (χ0) is 13.7. The highest BCUT2D eigenvalue weighted by molar-refractivity contribution is 5.93. The van der Waals surface area contributed by atoms with Crippen LogP contribution in [0.15, 0.2) is 18.3 Å². The molecule has 0 bridgehead atoms. The Morgan fingerprint density at radius 2 is 2.47 bits per heavy atom. The van der Waals surface area contributed by atoms with Crippen LogP contribution in [-0.4, -0.2) is 54.8 Å². The molecule has 1 N–H and O–H groups in total. The number of hydrogen-bond donors (Lipinski definition) is 1. The molecule has 1 fully saturated rings. The van der Waals surface area contributed by atoms with Gasteiger partial charge in [0.15, 0.2) is 0 Å². The minimum atomic E-state index is 0.123. The molecule has 1 atom stereocenters. The first-order valence-corrected chi connectivity index (χ1v) is 6.93. The van der Waals surface area contributed by atoms with Crippen molar-refractivity contribution >= 4 is 5.91 Å². The van der Waals surface area contributed by atoms with E-state index >= 15 is 0 Å². The largest absolute Gasteiger partial charge is 0.383 e. The second-order valence-electron chi connectivity index (χ2n) is 4.82. The molecule has 2 rings (SSSR count). The van der Waals surface area contributed by atoms with Crippen LogP contribution in [0.5, 0.6) is 0 Å².